The molecule has 0 radical (unpaired) electrons. The highest BCUT2D eigenvalue weighted by Gasteiger charge is 2.23. The summed E-state index contributed by atoms with van der Waals surface area (Å²) >= 11 is 0. The van der Waals surface area contributed by atoms with Crippen LogP contribution in [0, 0.1) is 0 Å². The number of benzene rings is 4. The average Bonchev–Trinajstić information content (AvgIpc) is 2.86. The molecule has 4 heteroatoms. The minimum Gasteiger partial charge on any atom is -0.459 e. The molecule has 0 spiro atoms. The Kier molecular flexibility index (Phi) is 7.80. The minimum absolute atomic E-state index is 0.408. The van der Waals surface area contributed by atoms with Crippen LogP contribution in [-0.4, -0.2) is 11.6 Å². The standard InChI is InChI=1S/C31H32NO2P/c1-31(2,3)34-30(33)29(32)25-18-14-23(15-19-25)22-24-16-20-28(21-17-24)35(26-10-6-4-7-11-26)27-12-8-5-9-13-27/h4-21,29H,22,32H2,1-3H3. The molecule has 1 atom stereocenters. The maximum absolute atomic E-state index is 12.3. The van der Waals surface area contributed by atoms with E-state index in [0.29, 0.717) is 0 Å². The first-order valence-corrected chi connectivity index (χ1v) is 13.2. The number of hydrogen-bond donors (Lipinski definition) is 1. The van der Waals surface area contributed by atoms with E-state index in [2.05, 4.69) is 84.9 Å². The monoisotopic (exact) mass is 481 g/mol. The third-order valence-corrected chi connectivity index (χ3v) is 8.07. The van der Waals surface area contributed by atoms with E-state index in [0.717, 1.165) is 12.0 Å². The molecular formula is C31H32NO2P. The number of ether oxygens (including phenoxy) is 1. The van der Waals surface area contributed by atoms with Crippen molar-refractivity contribution in [1.82, 2.24) is 0 Å². The molecule has 3 nitrogen and oxygen atoms in total. The van der Waals surface area contributed by atoms with Gasteiger partial charge in [0.1, 0.15) is 11.6 Å². The quantitative estimate of drug-likeness (QED) is 0.285. The van der Waals surface area contributed by atoms with Gasteiger partial charge in [-0.25, -0.2) is 4.79 Å². The first-order valence-electron chi connectivity index (χ1n) is 11.9. The Morgan fingerprint density at radius 2 is 1.14 bits per heavy atom. The number of rotatable bonds is 7. The normalized spacial score (nSPS) is 12.4. The molecule has 0 saturated heterocycles. The van der Waals surface area contributed by atoms with Crippen molar-refractivity contribution < 1.29 is 9.53 Å². The summed E-state index contributed by atoms with van der Waals surface area (Å²) < 4.78 is 5.41. The van der Waals surface area contributed by atoms with Gasteiger partial charge in [0.25, 0.3) is 0 Å². The van der Waals surface area contributed by atoms with Gasteiger partial charge in [0.15, 0.2) is 0 Å². The molecule has 0 fully saturated rings. The third-order valence-electron chi connectivity index (χ3n) is 5.63. The summed E-state index contributed by atoms with van der Waals surface area (Å²) in [6, 6.07) is 37.5. The first kappa shape index (κ1) is 24.9. The van der Waals surface area contributed by atoms with Gasteiger partial charge in [0, 0.05) is 0 Å². The van der Waals surface area contributed by atoms with Crippen LogP contribution in [0.25, 0.3) is 0 Å². The second kappa shape index (κ2) is 11.0. The molecule has 0 bridgehead atoms. The second-order valence-corrected chi connectivity index (χ2v) is 11.8. The van der Waals surface area contributed by atoms with Crippen molar-refractivity contribution in [3.8, 4) is 0 Å². The summed E-state index contributed by atoms with van der Waals surface area (Å²) in [6.45, 7) is 5.53. The zero-order valence-corrected chi connectivity index (χ0v) is 21.4. The minimum atomic E-state index is -0.780. The van der Waals surface area contributed by atoms with Crippen LogP contribution in [0.15, 0.2) is 109 Å². The van der Waals surface area contributed by atoms with Crippen molar-refractivity contribution in [2.75, 3.05) is 0 Å². The molecule has 0 aliphatic heterocycles. The molecule has 178 valence electrons. The highest BCUT2D eigenvalue weighted by molar-refractivity contribution is 7.79. The summed E-state index contributed by atoms with van der Waals surface area (Å²) in [5.74, 6) is -0.408. The summed E-state index contributed by atoms with van der Waals surface area (Å²) in [4.78, 5) is 12.3. The Morgan fingerprint density at radius 1 is 0.714 bits per heavy atom. The lowest BCUT2D eigenvalue weighted by atomic mass is 10.0. The molecule has 4 aromatic rings. The maximum atomic E-state index is 12.3. The third kappa shape index (κ3) is 6.66. The summed E-state index contributed by atoms with van der Waals surface area (Å²) in [5.41, 5.74) is 8.74. The van der Waals surface area contributed by atoms with Crippen LogP contribution in [0.2, 0.25) is 0 Å². The lowest BCUT2D eigenvalue weighted by Gasteiger charge is -2.22. The first-order chi connectivity index (χ1) is 16.8. The average molecular weight is 482 g/mol. The van der Waals surface area contributed by atoms with E-state index in [1.807, 2.05) is 45.0 Å². The Morgan fingerprint density at radius 3 is 1.60 bits per heavy atom. The lowest BCUT2D eigenvalue weighted by Crippen LogP contribution is -2.31. The van der Waals surface area contributed by atoms with E-state index in [1.165, 1.54) is 27.0 Å². The molecule has 35 heavy (non-hydrogen) atoms. The van der Waals surface area contributed by atoms with Crippen molar-refractivity contribution in [2.24, 2.45) is 5.73 Å². The molecule has 0 aliphatic rings. The molecular weight excluding hydrogens is 449 g/mol. The van der Waals surface area contributed by atoms with Crippen LogP contribution in [0.3, 0.4) is 0 Å². The van der Waals surface area contributed by atoms with Gasteiger partial charge in [0.2, 0.25) is 0 Å². The second-order valence-electron chi connectivity index (χ2n) is 9.60. The van der Waals surface area contributed by atoms with E-state index >= 15 is 0 Å². The van der Waals surface area contributed by atoms with Crippen LogP contribution in [0.1, 0.15) is 43.5 Å². The van der Waals surface area contributed by atoms with Gasteiger partial charge < -0.3 is 10.5 Å². The molecule has 4 aromatic carbocycles. The molecule has 0 aliphatic carbocycles. The van der Waals surface area contributed by atoms with Gasteiger partial charge in [-0.05, 0) is 67.7 Å². The molecule has 4 rings (SSSR count). The number of nitrogens with two attached hydrogens (primary N) is 1. The summed E-state index contributed by atoms with van der Waals surface area (Å²) in [5, 5.41) is 4.02. The summed E-state index contributed by atoms with van der Waals surface area (Å²) in [6.07, 6.45) is 0.816. The zero-order valence-electron chi connectivity index (χ0n) is 20.5. The Bertz CT molecular complexity index is 1190. The number of carbonyl (C=O) groups excluding carboxylic acids is 1. The van der Waals surface area contributed by atoms with E-state index in [9.17, 15) is 4.79 Å². The van der Waals surface area contributed by atoms with E-state index in [-0.39, 0.29) is 0 Å². The van der Waals surface area contributed by atoms with Crippen molar-refractivity contribution in [1.29, 1.82) is 0 Å². The van der Waals surface area contributed by atoms with E-state index in [4.69, 9.17) is 10.5 Å². The molecule has 0 saturated carbocycles. The Labute approximate surface area is 209 Å². The van der Waals surface area contributed by atoms with Crippen LogP contribution < -0.4 is 21.6 Å². The van der Waals surface area contributed by atoms with Gasteiger partial charge in [-0.15, -0.1) is 0 Å². The Hall–Kier alpha value is -3.26. The molecule has 0 aromatic heterocycles. The number of hydrogen-bond acceptors (Lipinski definition) is 3. The lowest BCUT2D eigenvalue weighted by molar-refractivity contribution is -0.156. The van der Waals surface area contributed by atoms with Crippen molar-refractivity contribution in [2.45, 2.75) is 38.8 Å². The SMILES string of the molecule is CC(C)(C)OC(=O)C(N)c1ccc(Cc2ccc(P(c3ccccc3)c3ccccc3)cc2)cc1. The van der Waals surface area contributed by atoms with Gasteiger partial charge in [-0.2, -0.15) is 0 Å². The van der Waals surface area contributed by atoms with Crippen LogP contribution in [-0.2, 0) is 16.0 Å². The zero-order chi connectivity index (χ0) is 24.8. The smallest absolute Gasteiger partial charge is 0.328 e. The molecule has 0 amide bonds. The van der Waals surface area contributed by atoms with Crippen molar-refractivity contribution in [3.63, 3.8) is 0 Å². The fourth-order valence-corrected chi connectivity index (χ4v) is 6.23. The van der Waals surface area contributed by atoms with E-state index in [1.54, 1.807) is 0 Å². The Balaban J connectivity index is 1.48. The molecule has 1 unspecified atom stereocenters. The van der Waals surface area contributed by atoms with Gasteiger partial charge in [-0.3, -0.25) is 0 Å². The van der Waals surface area contributed by atoms with Crippen LogP contribution >= 0.6 is 7.92 Å². The maximum Gasteiger partial charge on any atom is 0.328 e. The van der Waals surface area contributed by atoms with Gasteiger partial charge >= 0.3 is 5.97 Å². The highest BCUT2D eigenvalue weighted by atomic mass is 31.1. The van der Waals surface area contributed by atoms with Crippen molar-refractivity contribution >= 4 is 29.8 Å². The predicted octanol–water partition coefficient (Wildman–Crippen LogP) is 5.38. The fourth-order valence-electron chi connectivity index (χ4n) is 3.94. The van der Waals surface area contributed by atoms with E-state index < -0.39 is 25.5 Å². The fraction of sp³-hybridized carbons (Fsp3) is 0.194. The van der Waals surface area contributed by atoms with Crippen LogP contribution in [0.4, 0.5) is 0 Å². The van der Waals surface area contributed by atoms with Crippen LogP contribution in [0.5, 0.6) is 0 Å². The van der Waals surface area contributed by atoms with Gasteiger partial charge in [-0.1, -0.05) is 109 Å². The summed E-state index contributed by atoms with van der Waals surface area (Å²) in [7, 11) is -0.604. The number of esters is 1. The number of carbonyl (C=O) groups is 1. The molecule has 0 heterocycles. The molecule has 2 N–H and O–H groups in total. The van der Waals surface area contributed by atoms with Crippen molar-refractivity contribution in [3.05, 3.63) is 126 Å². The largest absolute Gasteiger partial charge is 0.459 e. The topological polar surface area (TPSA) is 52.3 Å². The highest BCUT2D eigenvalue weighted by Crippen LogP contribution is 2.32. The van der Waals surface area contributed by atoms with Gasteiger partial charge in [0.05, 0.1) is 0 Å². The predicted molar refractivity (Wildman–Crippen MR) is 147 cm³/mol.